The van der Waals surface area contributed by atoms with Crippen molar-refractivity contribution in [2.24, 2.45) is 5.41 Å². The van der Waals surface area contributed by atoms with E-state index in [4.69, 9.17) is 0 Å². The molecule has 0 aromatic rings. The van der Waals surface area contributed by atoms with Crippen LogP contribution in [0.1, 0.15) is 60.8 Å². The summed E-state index contributed by atoms with van der Waals surface area (Å²) in [6.45, 7) is 14.0. The Bertz CT molecular complexity index is 225. The Morgan fingerprint density at radius 1 is 1.25 bits per heavy atom. The molecule has 2 unspecified atom stereocenters. The van der Waals surface area contributed by atoms with Gasteiger partial charge in [0, 0.05) is 11.6 Å². The van der Waals surface area contributed by atoms with E-state index in [1.54, 1.807) is 0 Å². The maximum atomic E-state index is 3.76. The summed E-state index contributed by atoms with van der Waals surface area (Å²) in [7, 11) is 2.27. The fourth-order valence-electron chi connectivity index (χ4n) is 2.99. The van der Waals surface area contributed by atoms with Crippen LogP contribution >= 0.6 is 0 Å². The van der Waals surface area contributed by atoms with Crippen LogP contribution in [0.5, 0.6) is 0 Å². The Morgan fingerprint density at radius 3 is 2.12 bits per heavy atom. The minimum absolute atomic E-state index is 0.352. The molecule has 0 aliphatic carbocycles. The summed E-state index contributed by atoms with van der Waals surface area (Å²) < 4.78 is 0. The van der Waals surface area contributed by atoms with Crippen molar-refractivity contribution in [2.75, 3.05) is 7.05 Å². The summed E-state index contributed by atoms with van der Waals surface area (Å²) in [6.07, 6.45) is 4.25. The lowest BCUT2D eigenvalue weighted by molar-refractivity contribution is -0.0287. The van der Waals surface area contributed by atoms with Gasteiger partial charge in [0.25, 0.3) is 0 Å². The maximum absolute atomic E-state index is 3.76. The van der Waals surface area contributed by atoms with E-state index in [-0.39, 0.29) is 0 Å². The lowest BCUT2D eigenvalue weighted by atomic mass is 9.73. The molecule has 16 heavy (non-hydrogen) atoms. The molecular formula is C14H30N2. The van der Waals surface area contributed by atoms with E-state index in [0.29, 0.717) is 23.2 Å². The normalized spacial score (nSPS) is 31.7. The highest BCUT2D eigenvalue weighted by Crippen LogP contribution is 2.38. The van der Waals surface area contributed by atoms with Gasteiger partial charge >= 0.3 is 0 Å². The predicted octanol–water partition coefficient (Wildman–Crippen LogP) is 3.23. The van der Waals surface area contributed by atoms with Crippen molar-refractivity contribution >= 4 is 0 Å². The molecule has 0 spiro atoms. The standard InChI is InChI=1S/C14H30N2/c1-8-14(9-2)10-12(13(4,5)6)15-11(3)16(14)7/h11-12,15H,8-10H2,1-7H3. The molecule has 0 radical (unpaired) electrons. The zero-order valence-corrected chi connectivity index (χ0v) is 12.2. The van der Waals surface area contributed by atoms with E-state index in [1.807, 2.05) is 0 Å². The molecule has 0 bridgehead atoms. The molecule has 1 aliphatic heterocycles. The molecule has 2 atom stereocenters. The summed E-state index contributed by atoms with van der Waals surface area (Å²) in [5.41, 5.74) is 0.744. The fraction of sp³-hybridized carbons (Fsp3) is 1.00. The highest BCUT2D eigenvalue weighted by molar-refractivity contribution is 5.00. The van der Waals surface area contributed by atoms with Crippen molar-refractivity contribution in [3.05, 3.63) is 0 Å². The minimum Gasteiger partial charge on any atom is -0.299 e. The van der Waals surface area contributed by atoms with Crippen LogP contribution in [-0.2, 0) is 0 Å². The molecule has 0 aromatic carbocycles. The quantitative estimate of drug-likeness (QED) is 0.777. The summed E-state index contributed by atoms with van der Waals surface area (Å²) >= 11 is 0. The Morgan fingerprint density at radius 2 is 1.75 bits per heavy atom. The van der Waals surface area contributed by atoms with Gasteiger partial charge in [0.05, 0.1) is 6.17 Å². The zero-order valence-electron chi connectivity index (χ0n) is 12.2. The molecule has 1 heterocycles. The number of hydrogen-bond acceptors (Lipinski definition) is 2. The largest absolute Gasteiger partial charge is 0.299 e. The van der Waals surface area contributed by atoms with Crippen LogP contribution in [0.15, 0.2) is 0 Å². The van der Waals surface area contributed by atoms with Crippen LogP contribution in [0.3, 0.4) is 0 Å². The Labute approximate surface area is 102 Å². The molecule has 96 valence electrons. The van der Waals surface area contributed by atoms with E-state index in [1.165, 1.54) is 19.3 Å². The lowest BCUT2D eigenvalue weighted by Gasteiger charge is -2.54. The molecule has 1 fully saturated rings. The van der Waals surface area contributed by atoms with Crippen LogP contribution in [0.2, 0.25) is 0 Å². The molecule has 0 amide bonds. The molecule has 1 N–H and O–H groups in total. The molecule has 2 heteroatoms. The van der Waals surface area contributed by atoms with E-state index < -0.39 is 0 Å². The molecule has 0 saturated carbocycles. The van der Waals surface area contributed by atoms with Crippen molar-refractivity contribution in [1.29, 1.82) is 0 Å². The van der Waals surface area contributed by atoms with Crippen LogP contribution in [0.25, 0.3) is 0 Å². The summed E-state index contributed by atoms with van der Waals surface area (Å²) in [5, 5.41) is 3.76. The van der Waals surface area contributed by atoms with E-state index in [2.05, 4.69) is 58.8 Å². The van der Waals surface area contributed by atoms with Gasteiger partial charge in [0.2, 0.25) is 0 Å². The van der Waals surface area contributed by atoms with Gasteiger partial charge in [-0.25, -0.2) is 0 Å². The second-order valence-electron chi connectivity index (χ2n) is 6.51. The number of nitrogens with zero attached hydrogens (tertiary/aromatic N) is 1. The maximum Gasteiger partial charge on any atom is 0.0572 e. The first-order valence-corrected chi connectivity index (χ1v) is 6.76. The highest BCUT2D eigenvalue weighted by atomic mass is 15.3. The highest BCUT2D eigenvalue weighted by Gasteiger charge is 2.43. The van der Waals surface area contributed by atoms with Gasteiger partial charge in [-0.3, -0.25) is 10.2 Å². The summed E-state index contributed by atoms with van der Waals surface area (Å²) in [6, 6.07) is 0.624. The number of nitrogens with one attached hydrogen (secondary N) is 1. The average molecular weight is 226 g/mol. The van der Waals surface area contributed by atoms with E-state index in [9.17, 15) is 0 Å². The van der Waals surface area contributed by atoms with Gasteiger partial charge in [0.15, 0.2) is 0 Å². The van der Waals surface area contributed by atoms with Crippen LogP contribution in [0.4, 0.5) is 0 Å². The molecule has 2 nitrogen and oxygen atoms in total. The molecule has 1 saturated heterocycles. The predicted molar refractivity (Wildman–Crippen MR) is 71.5 cm³/mol. The smallest absolute Gasteiger partial charge is 0.0572 e. The van der Waals surface area contributed by atoms with Crippen molar-refractivity contribution in [3.8, 4) is 0 Å². The van der Waals surface area contributed by atoms with Crippen molar-refractivity contribution < 1.29 is 0 Å². The van der Waals surface area contributed by atoms with Gasteiger partial charge in [0.1, 0.15) is 0 Å². The Kier molecular flexibility index (Phi) is 4.07. The van der Waals surface area contributed by atoms with E-state index >= 15 is 0 Å². The third-order valence-electron chi connectivity index (χ3n) is 4.72. The molecule has 1 rings (SSSR count). The van der Waals surface area contributed by atoms with Gasteiger partial charge in [-0.1, -0.05) is 34.6 Å². The minimum atomic E-state index is 0.352. The van der Waals surface area contributed by atoms with E-state index in [0.717, 1.165) is 0 Å². The monoisotopic (exact) mass is 226 g/mol. The molecule has 0 aromatic heterocycles. The Balaban J connectivity index is 2.93. The molecular weight excluding hydrogens is 196 g/mol. The molecule has 1 aliphatic rings. The first-order valence-electron chi connectivity index (χ1n) is 6.76. The van der Waals surface area contributed by atoms with Crippen LogP contribution < -0.4 is 5.32 Å². The topological polar surface area (TPSA) is 15.3 Å². The second kappa shape index (κ2) is 4.66. The van der Waals surface area contributed by atoms with Gasteiger partial charge in [-0.05, 0) is 38.6 Å². The van der Waals surface area contributed by atoms with Crippen molar-refractivity contribution in [2.45, 2.75) is 78.6 Å². The van der Waals surface area contributed by atoms with Crippen molar-refractivity contribution in [1.82, 2.24) is 10.2 Å². The first kappa shape index (κ1) is 14.0. The lowest BCUT2D eigenvalue weighted by Crippen LogP contribution is -2.66. The Hall–Kier alpha value is -0.0800. The summed E-state index contributed by atoms with van der Waals surface area (Å²) in [4.78, 5) is 2.54. The third-order valence-corrected chi connectivity index (χ3v) is 4.72. The van der Waals surface area contributed by atoms with Crippen LogP contribution in [-0.4, -0.2) is 29.7 Å². The second-order valence-corrected chi connectivity index (χ2v) is 6.51. The van der Waals surface area contributed by atoms with Gasteiger partial charge in [-0.15, -0.1) is 0 Å². The third kappa shape index (κ3) is 2.43. The number of rotatable bonds is 2. The number of hydrogen-bond donors (Lipinski definition) is 1. The zero-order chi connectivity index (χ0) is 12.6. The van der Waals surface area contributed by atoms with Crippen molar-refractivity contribution in [3.63, 3.8) is 0 Å². The average Bonchev–Trinajstić information content (AvgIpc) is 2.21. The first-order chi connectivity index (χ1) is 7.27. The van der Waals surface area contributed by atoms with Gasteiger partial charge < -0.3 is 0 Å². The van der Waals surface area contributed by atoms with Gasteiger partial charge in [-0.2, -0.15) is 0 Å². The summed E-state index contributed by atoms with van der Waals surface area (Å²) in [5.74, 6) is 0. The fourth-order valence-corrected chi connectivity index (χ4v) is 2.99. The SMILES string of the molecule is CCC1(CC)CC(C(C)(C)C)NC(C)N1C. The van der Waals surface area contributed by atoms with Crippen LogP contribution in [0, 0.1) is 5.41 Å².